The number of carbonyl (C=O) groups is 1. The molecule has 3 N–H and O–H groups in total. The Balaban J connectivity index is 1.43. The summed E-state index contributed by atoms with van der Waals surface area (Å²) in [5.74, 6) is 0.641. The van der Waals surface area contributed by atoms with Gasteiger partial charge in [-0.1, -0.05) is 35.9 Å². The minimum Gasteiger partial charge on any atom is -0.464 e. The lowest BCUT2D eigenvalue weighted by Crippen LogP contribution is -2.56. The van der Waals surface area contributed by atoms with E-state index in [0.29, 0.717) is 43.6 Å². The molecule has 1 aliphatic rings. The van der Waals surface area contributed by atoms with Gasteiger partial charge >= 0.3 is 0 Å². The average Bonchev–Trinajstić information content (AvgIpc) is 3.26. The molecule has 8 heteroatoms. The number of aldehydes is 1. The first kappa shape index (κ1) is 24.7. The maximum Gasteiger partial charge on any atom is 0.217 e. The van der Waals surface area contributed by atoms with Gasteiger partial charge in [0.25, 0.3) is 0 Å². The number of ether oxygens (including phenoxy) is 2. The lowest BCUT2D eigenvalue weighted by Gasteiger charge is -2.39. The summed E-state index contributed by atoms with van der Waals surface area (Å²) in [7, 11) is 0. The molecule has 1 saturated heterocycles. The van der Waals surface area contributed by atoms with E-state index in [1.165, 1.54) is 0 Å². The Hall–Kier alpha value is -2.42. The van der Waals surface area contributed by atoms with E-state index in [-0.39, 0.29) is 6.04 Å². The molecule has 4 rings (SSSR count). The van der Waals surface area contributed by atoms with Gasteiger partial charge in [0, 0.05) is 42.3 Å². The fraction of sp³-hybridized carbons (Fsp3) is 0.423. The lowest BCUT2D eigenvalue weighted by atomic mass is 10.0. The third kappa shape index (κ3) is 5.62. The van der Waals surface area contributed by atoms with Gasteiger partial charge in [0.1, 0.15) is 5.75 Å². The number of benzene rings is 2. The van der Waals surface area contributed by atoms with Crippen molar-refractivity contribution in [2.45, 2.75) is 38.1 Å². The summed E-state index contributed by atoms with van der Waals surface area (Å²) >= 11 is 6.04. The van der Waals surface area contributed by atoms with E-state index in [2.05, 4.69) is 23.3 Å². The van der Waals surface area contributed by atoms with Crippen LogP contribution in [0.5, 0.6) is 5.75 Å². The number of morpholine rings is 1. The van der Waals surface area contributed by atoms with E-state index in [4.69, 9.17) is 21.1 Å². The van der Waals surface area contributed by atoms with Crippen molar-refractivity contribution in [3.63, 3.8) is 0 Å². The van der Waals surface area contributed by atoms with Gasteiger partial charge < -0.3 is 24.9 Å². The number of rotatable bonds is 10. The van der Waals surface area contributed by atoms with E-state index >= 15 is 0 Å². The molecule has 1 aromatic heterocycles. The van der Waals surface area contributed by atoms with E-state index in [9.17, 15) is 9.90 Å². The van der Waals surface area contributed by atoms with Crippen molar-refractivity contribution in [1.29, 1.82) is 0 Å². The summed E-state index contributed by atoms with van der Waals surface area (Å²) < 4.78 is 11.7. The number of carbonyl (C=O) groups excluding carboxylic acids is 1. The highest BCUT2D eigenvalue weighted by molar-refractivity contribution is 6.30. The number of nitrogens with zero attached hydrogens (tertiary/aromatic N) is 1. The van der Waals surface area contributed by atoms with E-state index in [1.54, 1.807) is 19.1 Å². The molecule has 0 saturated carbocycles. The Kier molecular flexibility index (Phi) is 7.91. The molecule has 2 heterocycles. The van der Waals surface area contributed by atoms with Crippen LogP contribution in [-0.4, -0.2) is 65.9 Å². The molecule has 0 aliphatic carbocycles. The highest BCUT2D eigenvalue weighted by Crippen LogP contribution is 2.31. The third-order valence-electron chi connectivity index (χ3n) is 6.36. The van der Waals surface area contributed by atoms with Crippen LogP contribution in [0.3, 0.4) is 0 Å². The van der Waals surface area contributed by atoms with Crippen molar-refractivity contribution in [3.8, 4) is 5.75 Å². The first-order chi connectivity index (χ1) is 16.4. The summed E-state index contributed by atoms with van der Waals surface area (Å²) in [6.07, 6.45) is 2.97. The Morgan fingerprint density at radius 1 is 1.29 bits per heavy atom. The fourth-order valence-corrected chi connectivity index (χ4v) is 4.58. The van der Waals surface area contributed by atoms with Crippen LogP contribution in [0.15, 0.2) is 48.7 Å². The number of hydrogen-bond donors (Lipinski definition) is 3. The second-order valence-electron chi connectivity index (χ2n) is 8.95. The van der Waals surface area contributed by atoms with Crippen LogP contribution < -0.4 is 10.1 Å². The molecule has 0 bridgehead atoms. The lowest BCUT2D eigenvalue weighted by molar-refractivity contribution is -0.145. The summed E-state index contributed by atoms with van der Waals surface area (Å²) in [4.78, 5) is 17.3. The van der Waals surface area contributed by atoms with Crippen molar-refractivity contribution in [2.24, 2.45) is 0 Å². The SMILES string of the molecule is C[C@H](Cc1c[nH]c2c(O[C@@](C)(C=O)N3CCOCC3)cccc12)NC[C@H](O)c1cccc(Cl)c1. The van der Waals surface area contributed by atoms with Gasteiger partial charge in [-0.2, -0.15) is 0 Å². The van der Waals surface area contributed by atoms with Crippen molar-refractivity contribution < 1.29 is 19.4 Å². The molecule has 1 fully saturated rings. The number of hydrogen-bond acceptors (Lipinski definition) is 6. The minimum atomic E-state index is -1.06. The molecule has 3 aromatic rings. The zero-order chi connectivity index (χ0) is 24.1. The first-order valence-electron chi connectivity index (χ1n) is 11.6. The Bertz CT molecular complexity index is 1110. The molecule has 182 valence electrons. The van der Waals surface area contributed by atoms with Crippen LogP contribution in [0.2, 0.25) is 5.02 Å². The molecule has 0 radical (unpaired) electrons. The molecule has 0 amide bonds. The maximum atomic E-state index is 12.0. The summed E-state index contributed by atoms with van der Waals surface area (Å²) in [6.45, 7) is 6.77. The Labute approximate surface area is 205 Å². The topological polar surface area (TPSA) is 86.8 Å². The number of aliphatic hydroxyl groups excluding tert-OH is 1. The molecule has 0 spiro atoms. The largest absolute Gasteiger partial charge is 0.464 e. The summed E-state index contributed by atoms with van der Waals surface area (Å²) in [5, 5.41) is 15.6. The molecule has 3 atom stereocenters. The van der Waals surface area contributed by atoms with Crippen molar-refractivity contribution in [3.05, 3.63) is 64.8 Å². The monoisotopic (exact) mass is 485 g/mol. The van der Waals surface area contributed by atoms with E-state index in [0.717, 1.165) is 34.7 Å². The fourth-order valence-electron chi connectivity index (χ4n) is 4.38. The molecule has 1 aliphatic heterocycles. The van der Waals surface area contributed by atoms with Crippen LogP contribution in [0.1, 0.15) is 31.1 Å². The Morgan fingerprint density at radius 2 is 2.06 bits per heavy atom. The van der Waals surface area contributed by atoms with Gasteiger partial charge in [0.2, 0.25) is 5.72 Å². The molecular weight excluding hydrogens is 454 g/mol. The van der Waals surface area contributed by atoms with Gasteiger partial charge in [-0.15, -0.1) is 0 Å². The number of halogens is 1. The van der Waals surface area contributed by atoms with Gasteiger partial charge in [-0.05, 0) is 49.6 Å². The summed E-state index contributed by atoms with van der Waals surface area (Å²) in [6, 6.07) is 13.3. The quantitative estimate of drug-likeness (QED) is 0.380. The van der Waals surface area contributed by atoms with Crippen LogP contribution >= 0.6 is 11.6 Å². The van der Waals surface area contributed by atoms with Crippen molar-refractivity contribution in [1.82, 2.24) is 15.2 Å². The average molecular weight is 486 g/mol. The molecular formula is C26H32ClN3O4. The highest BCUT2D eigenvalue weighted by Gasteiger charge is 2.35. The first-order valence-corrected chi connectivity index (χ1v) is 12.0. The number of aliphatic hydroxyl groups is 1. The van der Waals surface area contributed by atoms with Crippen molar-refractivity contribution >= 4 is 28.8 Å². The number of para-hydroxylation sites is 1. The third-order valence-corrected chi connectivity index (χ3v) is 6.59. The zero-order valence-electron chi connectivity index (χ0n) is 19.6. The van der Waals surface area contributed by atoms with Gasteiger partial charge in [0.05, 0.1) is 24.8 Å². The minimum absolute atomic E-state index is 0.131. The smallest absolute Gasteiger partial charge is 0.217 e. The molecule has 0 unspecified atom stereocenters. The molecule has 34 heavy (non-hydrogen) atoms. The van der Waals surface area contributed by atoms with E-state index < -0.39 is 11.8 Å². The van der Waals surface area contributed by atoms with Gasteiger partial charge in [0.15, 0.2) is 6.29 Å². The second kappa shape index (κ2) is 10.9. The predicted octanol–water partition coefficient (Wildman–Crippen LogP) is 3.70. The second-order valence-corrected chi connectivity index (χ2v) is 9.39. The number of aromatic nitrogens is 1. The molecule has 2 aromatic carbocycles. The normalized spacial score (nSPS) is 18.4. The predicted molar refractivity (Wildman–Crippen MR) is 133 cm³/mol. The highest BCUT2D eigenvalue weighted by atomic mass is 35.5. The van der Waals surface area contributed by atoms with Crippen LogP contribution in [0, 0.1) is 0 Å². The zero-order valence-corrected chi connectivity index (χ0v) is 20.3. The number of fused-ring (bicyclic) bond motifs is 1. The molecule has 7 nitrogen and oxygen atoms in total. The van der Waals surface area contributed by atoms with Crippen LogP contribution in [0.25, 0.3) is 10.9 Å². The summed E-state index contributed by atoms with van der Waals surface area (Å²) in [5.41, 5.74) is 1.73. The number of H-pyrrole nitrogens is 1. The van der Waals surface area contributed by atoms with Crippen LogP contribution in [0.4, 0.5) is 0 Å². The number of aromatic amines is 1. The van der Waals surface area contributed by atoms with Crippen molar-refractivity contribution in [2.75, 3.05) is 32.8 Å². The van der Waals surface area contributed by atoms with Gasteiger partial charge in [-0.3, -0.25) is 9.69 Å². The Morgan fingerprint density at radius 3 is 2.79 bits per heavy atom. The van der Waals surface area contributed by atoms with E-state index in [1.807, 2.05) is 35.4 Å². The standard InChI is InChI=1S/C26H32ClN3O4/c1-18(28-16-23(32)19-5-3-6-21(27)14-19)13-20-15-29-25-22(20)7-4-8-24(25)34-26(2,17-31)30-9-11-33-12-10-30/h3-8,14-15,17-18,23,28-29,32H,9-13,16H2,1-2H3/t18-,23+,26+/m1/s1. The maximum absolute atomic E-state index is 12.0. The van der Waals surface area contributed by atoms with Gasteiger partial charge in [-0.25, -0.2) is 0 Å². The van der Waals surface area contributed by atoms with Crippen LogP contribution in [-0.2, 0) is 16.0 Å². The number of nitrogens with one attached hydrogen (secondary N) is 2.